The van der Waals surface area contributed by atoms with Crippen LogP contribution in [-0.2, 0) is 0 Å². The normalized spacial score (nSPS) is 10.6. The predicted octanol–water partition coefficient (Wildman–Crippen LogP) is 3.75. The van der Waals surface area contributed by atoms with Gasteiger partial charge in [0.05, 0.1) is 11.9 Å². The van der Waals surface area contributed by atoms with Gasteiger partial charge >= 0.3 is 0 Å². The molecule has 0 aliphatic heterocycles. The van der Waals surface area contributed by atoms with Crippen LogP contribution in [0.1, 0.15) is 26.4 Å². The summed E-state index contributed by atoms with van der Waals surface area (Å²) in [7, 11) is 0. The van der Waals surface area contributed by atoms with E-state index >= 15 is 0 Å². The molecule has 0 aliphatic rings. The first-order valence-corrected chi connectivity index (χ1v) is 8.41. The van der Waals surface area contributed by atoms with Gasteiger partial charge in [-0.05, 0) is 48.5 Å². The monoisotopic (exact) mass is 378 g/mol. The van der Waals surface area contributed by atoms with E-state index in [0.717, 1.165) is 0 Å². The molecule has 1 heterocycles. The van der Waals surface area contributed by atoms with Crippen LogP contribution < -0.4 is 10.7 Å². The predicted molar refractivity (Wildman–Crippen MR) is 105 cm³/mol. The Hall–Kier alpha value is -3.51. The lowest BCUT2D eigenvalue weighted by molar-refractivity contribution is 0.0953. The number of hydrazone groups is 1. The smallest absolute Gasteiger partial charge is 0.271 e. The third-order valence-corrected chi connectivity index (χ3v) is 3.76. The van der Waals surface area contributed by atoms with Gasteiger partial charge in [0.1, 0.15) is 0 Å². The first-order valence-electron chi connectivity index (χ1n) is 8.03. The number of halogens is 1. The van der Waals surface area contributed by atoms with Crippen LogP contribution in [0.2, 0.25) is 5.02 Å². The topological polar surface area (TPSA) is 83.4 Å². The Morgan fingerprint density at radius 2 is 1.70 bits per heavy atom. The quantitative estimate of drug-likeness (QED) is 0.524. The van der Waals surface area contributed by atoms with Gasteiger partial charge in [-0.25, -0.2) is 5.43 Å². The fourth-order valence-corrected chi connectivity index (χ4v) is 2.44. The molecule has 0 saturated carbocycles. The molecule has 2 N–H and O–H groups in total. The van der Waals surface area contributed by atoms with Crippen molar-refractivity contribution in [2.75, 3.05) is 5.32 Å². The molecule has 0 unspecified atom stereocenters. The minimum Gasteiger partial charge on any atom is -0.322 e. The lowest BCUT2D eigenvalue weighted by Gasteiger charge is -2.07. The summed E-state index contributed by atoms with van der Waals surface area (Å²) in [5.74, 6) is -0.718. The molecule has 1 aromatic heterocycles. The zero-order valence-corrected chi connectivity index (χ0v) is 14.9. The molecule has 0 atom stereocenters. The minimum atomic E-state index is -0.402. The maximum Gasteiger partial charge on any atom is 0.271 e. The van der Waals surface area contributed by atoms with E-state index in [1.54, 1.807) is 66.9 Å². The van der Waals surface area contributed by atoms with Crippen LogP contribution in [0.25, 0.3) is 0 Å². The highest BCUT2D eigenvalue weighted by Crippen LogP contribution is 2.15. The van der Waals surface area contributed by atoms with Crippen molar-refractivity contribution in [2.24, 2.45) is 5.10 Å². The van der Waals surface area contributed by atoms with Crippen molar-refractivity contribution in [3.63, 3.8) is 0 Å². The highest BCUT2D eigenvalue weighted by atomic mass is 35.5. The van der Waals surface area contributed by atoms with E-state index in [9.17, 15) is 9.59 Å². The summed E-state index contributed by atoms with van der Waals surface area (Å²) >= 11 is 5.90. The number of anilines is 1. The molecule has 2 amide bonds. The first kappa shape index (κ1) is 18.3. The Labute approximate surface area is 160 Å². The van der Waals surface area contributed by atoms with Crippen molar-refractivity contribution >= 4 is 35.3 Å². The molecule has 3 rings (SSSR count). The molecule has 0 bridgehead atoms. The molecule has 0 aliphatic carbocycles. The number of carbonyl (C=O) groups is 2. The van der Waals surface area contributed by atoms with Gasteiger partial charge in [0, 0.05) is 28.0 Å². The van der Waals surface area contributed by atoms with Crippen LogP contribution >= 0.6 is 11.6 Å². The van der Waals surface area contributed by atoms with Crippen molar-refractivity contribution in [1.82, 2.24) is 10.4 Å². The van der Waals surface area contributed by atoms with Gasteiger partial charge in [-0.1, -0.05) is 29.8 Å². The van der Waals surface area contributed by atoms with Gasteiger partial charge in [-0.3, -0.25) is 14.6 Å². The van der Waals surface area contributed by atoms with Gasteiger partial charge in [-0.2, -0.15) is 5.10 Å². The SMILES string of the molecule is O=C(NN=Cc1ccccn1)c1cccc(NC(=O)c2cccc(Cl)c2)c1. The fraction of sp³-hybridized carbons (Fsp3) is 0. The number of benzene rings is 2. The molecule has 27 heavy (non-hydrogen) atoms. The number of hydrogen-bond donors (Lipinski definition) is 2. The molecule has 7 heteroatoms. The van der Waals surface area contributed by atoms with Crippen LogP contribution in [-0.4, -0.2) is 23.0 Å². The second-order valence-corrected chi connectivity index (χ2v) is 5.94. The van der Waals surface area contributed by atoms with Gasteiger partial charge in [0.25, 0.3) is 11.8 Å². The molecular formula is C20H15ClN4O2. The van der Waals surface area contributed by atoms with Gasteiger partial charge in [0.15, 0.2) is 0 Å². The average molecular weight is 379 g/mol. The summed E-state index contributed by atoms with van der Waals surface area (Å²) in [6.07, 6.45) is 3.08. The Morgan fingerprint density at radius 3 is 2.44 bits per heavy atom. The third kappa shape index (κ3) is 5.23. The van der Waals surface area contributed by atoms with Crippen molar-refractivity contribution in [3.05, 3.63) is 94.8 Å². The zero-order valence-electron chi connectivity index (χ0n) is 14.1. The lowest BCUT2D eigenvalue weighted by Crippen LogP contribution is -2.18. The van der Waals surface area contributed by atoms with E-state index < -0.39 is 5.91 Å². The van der Waals surface area contributed by atoms with E-state index in [1.807, 2.05) is 6.07 Å². The molecule has 6 nitrogen and oxygen atoms in total. The van der Waals surface area contributed by atoms with Crippen LogP contribution in [0.4, 0.5) is 5.69 Å². The summed E-state index contributed by atoms with van der Waals surface area (Å²) in [6, 6.07) is 18.5. The van der Waals surface area contributed by atoms with Gasteiger partial charge < -0.3 is 5.32 Å². The van der Waals surface area contributed by atoms with E-state index in [1.165, 1.54) is 6.21 Å². The van der Waals surface area contributed by atoms with Crippen LogP contribution in [0, 0.1) is 0 Å². The number of pyridine rings is 1. The Bertz CT molecular complexity index is 990. The van der Waals surface area contributed by atoms with E-state index in [4.69, 9.17) is 11.6 Å². The van der Waals surface area contributed by atoms with E-state index in [-0.39, 0.29) is 5.91 Å². The average Bonchev–Trinajstić information content (AvgIpc) is 2.69. The third-order valence-electron chi connectivity index (χ3n) is 3.52. The highest BCUT2D eigenvalue weighted by molar-refractivity contribution is 6.31. The van der Waals surface area contributed by atoms with Crippen LogP contribution in [0.3, 0.4) is 0 Å². The van der Waals surface area contributed by atoms with Crippen molar-refractivity contribution in [1.29, 1.82) is 0 Å². The summed E-state index contributed by atoms with van der Waals surface area (Å²) in [6.45, 7) is 0. The number of nitrogens with zero attached hydrogens (tertiary/aromatic N) is 2. The van der Waals surface area contributed by atoms with Crippen LogP contribution in [0.5, 0.6) is 0 Å². The van der Waals surface area contributed by atoms with Crippen molar-refractivity contribution < 1.29 is 9.59 Å². The zero-order chi connectivity index (χ0) is 19.1. The summed E-state index contributed by atoms with van der Waals surface area (Å²) in [5.41, 5.74) is 4.33. The molecule has 2 aromatic carbocycles. The van der Waals surface area contributed by atoms with Gasteiger partial charge in [-0.15, -0.1) is 0 Å². The number of carbonyl (C=O) groups excluding carboxylic acids is 2. The standard InChI is InChI=1S/C20H15ClN4O2/c21-16-7-3-5-14(11-16)19(26)24-17-9-4-6-15(12-17)20(27)25-23-13-18-8-1-2-10-22-18/h1-13H,(H,24,26)(H,25,27). The van der Waals surface area contributed by atoms with E-state index in [2.05, 4.69) is 20.8 Å². The molecule has 134 valence electrons. The molecular weight excluding hydrogens is 364 g/mol. The Kier molecular flexibility index (Phi) is 5.91. The maximum absolute atomic E-state index is 12.3. The highest BCUT2D eigenvalue weighted by Gasteiger charge is 2.09. The van der Waals surface area contributed by atoms with E-state index in [0.29, 0.717) is 27.5 Å². The molecule has 0 saturated heterocycles. The summed E-state index contributed by atoms with van der Waals surface area (Å²) in [4.78, 5) is 28.6. The van der Waals surface area contributed by atoms with Crippen LogP contribution in [0.15, 0.2) is 78.0 Å². The van der Waals surface area contributed by atoms with Crippen molar-refractivity contribution in [3.8, 4) is 0 Å². The summed E-state index contributed by atoms with van der Waals surface area (Å²) in [5, 5.41) is 7.09. The number of rotatable bonds is 5. The first-order chi connectivity index (χ1) is 13.1. The second kappa shape index (κ2) is 8.73. The van der Waals surface area contributed by atoms with Gasteiger partial charge in [0.2, 0.25) is 0 Å². The van der Waals surface area contributed by atoms with Crippen molar-refractivity contribution in [2.45, 2.75) is 0 Å². The fourth-order valence-electron chi connectivity index (χ4n) is 2.25. The Balaban J connectivity index is 1.65. The minimum absolute atomic E-state index is 0.316. The second-order valence-electron chi connectivity index (χ2n) is 5.50. The number of amides is 2. The molecule has 0 radical (unpaired) electrons. The largest absolute Gasteiger partial charge is 0.322 e. The molecule has 0 fully saturated rings. The summed E-state index contributed by atoms with van der Waals surface area (Å²) < 4.78 is 0. The number of aromatic nitrogens is 1. The Morgan fingerprint density at radius 1 is 0.926 bits per heavy atom. The maximum atomic E-state index is 12.3. The lowest BCUT2D eigenvalue weighted by atomic mass is 10.1. The molecule has 3 aromatic rings. The number of hydrogen-bond acceptors (Lipinski definition) is 4. The molecule has 0 spiro atoms. The number of nitrogens with one attached hydrogen (secondary N) is 2.